The van der Waals surface area contributed by atoms with Crippen LogP contribution in [0.5, 0.6) is 0 Å². The molecule has 79 heavy (non-hydrogen) atoms. The van der Waals surface area contributed by atoms with E-state index < -0.39 is 30.1 Å². The summed E-state index contributed by atoms with van der Waals surface area (Å²) in [5, 5.41) is 31.1. The summed E-state index contributed by atoms with van der Waals surface area (Å²) in [6, 6.07) is 65.0. The minimum absolute atomic E-state index is 0.00799. The third kappa shape index (κ3) is 13.3. The van der Waals surface area contributed by atoms with Gasteiger partial charge in [0, 0.05) is 72.7 Å². The van der Waals surface area contributed by atoms with Crippen molar-refractivity contribution in [3.63, 3.8) is 0 Å². The summed E-state index contributed by atoms with van der Waals surface area (Å²) in [5.41, 5.74) is 3.99. The second-order valence-electron chi connectivity index (χ2n) is 20.1. The molecule has 0 unspecified atom stereocenters. The minimum Gasteiger partial charge on any atom is -0.390 e. The molecule has 6 nitrogen and oxygen atoms in total. The fraction of sp³-hybridized carbons (Fsp3) is 0.273. The van der Waals surface area contributed by atoms with Gasteiger partial charge in [0.1, 0.15) is 0 Å². The first kappa shape index (κ1) is 58.2. The molecular weight excluding hydrogens is 1160 g/mol. The molecule has 3 aliphatic rings. The Morgan fingerprint density at radius 2 is 0.684 bits per heavy atom. The van der Waals surface area contributed by atoms with Crippen LogP contribution < -0.4 is 42.4 Å². The lowest BCUT2D eigenvalue weighted by molar-refractivity contribution is 0.124. The summed E-state index contributed by atoms with van der Waals surface area (Å²) >= 11 is 9.13. The largest absolute Gasteiger partial charge is 0.390 e. The van der Waals surface area contributed by atoms with E-state index >= 15 is 0 Å². The minimum atomic E-state index is -0.966. The Balaban J connectivity index is 0.000000150. The molecule has 0 bridgehead atoms. The lowest BCUT2D eigenvalue weighted by atomic mass is 9.96. The molecule has 6 atom stereocenters. The number of ether oxygens (including phenoxy) is 3. The first-order chi connectivity index (χ1) is 38.5. The molecule has 9 aromatic rings. The number of aliphatic hydroxyl groups excluding tert-OH is 2. The van der Waals surface area contributed by atoms with E-state index in [1.807, 2.05) is 22.7 Å². The summed E-state index contributed by atoms with van der Waals surface area (Å²) < 4.78 is 25.3. The normalized spacial score (nSPS) is 19.9. The highest BCUT2D eigenvalue weighted by Crippen LogP contribution is 2.48. The van der Waals surface area contributed by atoms with Gasteiger partial charge in [-0.25, -0.2) is 0 Å². The lowest BCUT2D eigenvalue weighted by Gasteiger charge is -2.28. The van der Waals surface area contributed by atoms with Crippen molar-refractivity contribution in [3.05, 3.63) is 232 Å². The first-order valence-electron chi connectivity index (χ1n) is 26.9. The fourth-order valence-corrected chi connectivity index (χ4v) is 23.3. The molecule has 0 aliphatic carbocycles. The van der Waals surface area contributed by atoms with E-state index in [1.54, 1.807) is 11.3 Å². The maximum absolute atomic E-state index is 10.5. The van der Waals surface area contributed by atoms with E-state index in [0.29, 0.717) is 39.6 Å². The Morgan fingerprint density at radius 1 is 0.380 bits per heavy atom. The predicted octanol–water partition coefficient (Wildman–Crippen LogP) is 12.9. The summed E-state index contributed by atoms with van der Waals surface area (Å²) in [4.78, 5) is 8.01. The van der Waals surface area contributed by atoms with E-state index in [9.17, 15) is 10.2 Å². The van der Waals surface area contributed by atoms with Crippen molar-refractivity contribution >= 4 is 116 Å². The average Bonchev–Trinajstić information content (AvgIpc) is 4.50. The maximum Gasteiger partial charge on any atom is 0.0951 e. The molecule has 0 spiro atoms. The number of benzene rings is 6. The van der Waals surface area contributed by atoms with Crippen molar-refractivity contribution in [2.45, 2.75) is 77.6 Å². The molecular formula is C66H68BrO6P3S3. The van der Waals surface area contributed by atoms with E-state index in [0.717, 1.165) is 4.47 Å². The molecule has 6 heterocycles. The van der Waals surface area contributed by atoms with E-state index in [2.05, 4.69) is 239 Å². The van der Waals surface area contributed by atoms with Crippen molar-refractivity contribution in [3.8, 4) is 0 Å². The molecule has 0 amide bonds. The van der Waals surface area contributed by atoms with E-state index in [-0.39, 0.29) is 30.0 Å². The van der Waals surface area contributed by atoms with Crippen LogP contribution >= 0.6 is 73.9 Å². The molecule has 3 aromatic heterocycles. The third-order valence-electron chi connectivity index (χ3n) is 14.7. The summed E-state index contributed by atoms with van der Waals surface area (Å²) in [7, 11) is -2.33. The molecule has 2 N–H and O–H groups in total. The van der Waals surface area contributed by atoms with Gasteiger partial charge in [0.15, 0.2) is 0 Å². The van der Waals surface area contributed by atoms with Crippen LogP contribution in [0.2, 0.25) is 0 Å². The number of aryl methyl sites for hydroxylation is 6. The van der Waals surface area contributed by atoms with E-state index in [1.165, 1.54) is 88.4 Å². The molecule has 13 heteroatoms. The van der Waals surface area contributed by atoms with Crippen LogP contribution in [-0.2, 0) is 18.7 Å². The molecule has 0 saturated carbocycles. The number of hydrogen-bond donors (Lipinski definition) is 2. The van der Waals surface area contributed by atoms with Gasteiger partial charge in [-0.15, -0.1) is 34.0 Å². The molecule has 3 saturated heterocycles. The van der Waals surface area contributed by atoms with E-state index in [4.69, 9.17) is 18.7 Å². The van der Waals surface area contributed by atoms with Crippen molar-refractivity contribution in [1.82, 2.24) is 0 Å². The number of aliphatic hydroxyl groups is 2. The quantitative estimate of drug-likeness (QED) is 0.112. The third-order valence-corrected chi connectivity index (χ3v) is 26.8. The van der Waals surface area contributed by atoms with Gasteiger partial charge < -0.3 is 28.9 Å². The van der Waals surface area contributed by atoms with Gasteiger partial charge in [0.25, 0.3) is 0 Å². The summed E-state index contributed by atoms with van der Waals surface area (Å²) in [5.74, 6) is 0.418. The van der Waals surface area contributed by atoms with Crippen LogP contribution in [-0.4, -0.2) is 68.2 Å². The summed E-state index contributed by atoms with van der Waals surface area (Å²) in [6.45, 7) is 16.6. The Kier molecular flexibility index (Phi) is 20.1. The summed E-state index contributed by atoms with van der Waals surface area (Å²) in [6.07, 6.45) is -0.768. The van der Waals surface area contributed by atoms with Gasteiger partial charge >= 0.3 is 0 Å². The zero-order valence-corrected chi connectivity index (χ0v) is 52.2. The maximum atomic E-state index is 10.5. The Labute approximate surface area is 491 Å². The topological polar surface area (TPSA) is 77.4 Å². The highest BCUT2D eigenvalue weighted by Gasteiger charge is 2.40. The standard InChI is InChI=1S/C34H32O2P2S.C22H23O2PS.C10H13BrO2S/c1-25-33(34(26(2)39-25)37(27-15-7-3-8-16-27)28-17-9-4-10-18-28)31-23-35-24-32(31)36-38(29-19-11-5-12-20-29)30-21-13-6-14-22-30;1-15-21(19-13-24-14-20(19)23)22(16(2)26-15)25(17-9-5-3-6-10-17)18-11-7-4-8-12-18;1-5-9(10(11)6(2)14-5)7-3-13-4-8(7)12/h3-22,31-32H,23-24H2,1-2H3;3-12,19-20,23H,13-14H2,1-2H3;7-8,12H,3-4H2,1-2H3/t31-,32-;19-,20-;7-,8-/m000/s1. The molecule has 408 valence electrons. The number of rotatable bonds is 13. The van der Waals surface area contributed by atoms with Crippen molar-refractivity contribution in [2.75, 3.05) is 39.6 Å². The molecule has 0 radical (unpaired) electrons. The molecule has 3 aliphatic heterocycles. The number of halogens is 1. The second-order valence-corrected chi connectivity index (χ2v) is 31.3. The fourth-order valence-electron chi connectivity index (χ4n) is 11.1. The Bertz CT molecular complexity index is 3250. The van der Waals surface area contributed by atoms with Gasteiger partial charge in [0.05, 0.1) is 66.1 Å². The Hall–Kier alpha value is -4.05. The van der Waals surface area contributed by atoms with Crippen molar-refractivity contribution in [2.24, 2.45) is 0 Å². The van der Waals surface area contributed by atoms with Gasteiger partial charge in [-0.3, -0.25) is 0 Å². The molecule has 3 fully saturated rings. The van der Waals surface area contributed by atoms with Gasteiger partial charge in [-0.2, -0.15) is 0 Å². The highest BCUT2D eigenvalue weighted by molar-refractivity contribution is 9.10. The van der Waals surface area contributed by atoms with Crippen LogP contribution in [0.4, 0.5) is 0 Å². The lowest BCUT2D eigenvalue weighted by Crippen LogP contribution is -2.30. The second kappa shape index (κ2) is 27.4. The zero-order chi connectivity index (χ0) is 55.0. The van der Waals surface area contributed by atoms with Gasteiger partial charge in [-0.05, 0) is 111 Å². The zero-order valence-electron chi connectivity index (χ0n) is 45.5. The monoisotopic (exact) mass is 1220 g/mol. The van der Waals surface area contributed by atoms with Crippen LogP contribution in [0, 0.1) is 41.5 Å². The first-order valence-corrected chi connectivity index (χ1v) is 34.1. The average molecular weight is 1230 g/mol. The smallest absolute Gasteiger partial charge is 0.0951 e. The Morgan fingerprint density at radius 3 is 1.03 bits per heavy atom. The predicted molar refractivity (Wildman–Crippen MR) is 343 cm³/mol. The number of thiophene rings is 3. The molecule has 6 aromatic carbocycles. The van der Waals surface area contributed by atoms with Crippen molar-refractivity contribution < 1.29 is 28.9 Å². The molecule has 12 rings (SSSR count). The number of hydrogen-bond acceptors (Lipinski definition) is 9. The van der Waals surface area contributed by atoms with Crippen LogP contribution in [0.25, 0.3) is 0 Å². The highest BCUT2D eigenvalue weighted by atomic mass is 79.9. The van der Waals surface area contributed by atoms with Gasteiger partial charge in [-0.1, -0.05) is 182 Å². The van der Waals surface area contributed by atoms with Crippen LogP contribution in [0.15, 0.2) is 186 Å². The van der Waals surface area contributed by atoms with Crippen LogP contribution in [0.3, 0.4) is 0 Å². The van der Waals surface area contributed by atoms with Gasteiger partial charge in [0.2, 0.25) is 0 Å². The SMILES string of the molecule is Cc1sc(C)c(P(c2ccccc2)c2ccccc2)c1[C@H]1COC[C@@H]1O.Cc1sc(C)c(P(c2ccccc2)c2ccccc2)c1[C@H]1COC[C@@H]1OP(c1ccccc1)c1ccccc1.Cc1sc(C)c([C@H]2COC[C@@H]2O)c1Br. The van der Waals surface area contributed by atoms with Crippen LogP contribution in [0.1, 0.15) is 63.7 Å². The van der Waals surface area contributed by atoms with Crippen molar-refractivity contribution in [1.29, 1.82) is 0 Å².